The van der Waals surface area contributed by atoms with E-state index in [9.17, 15) is 13.2 Å². The minimum absolute atomic E-state index is 0.123. The summed E-state index contributed by atoms with van der Waals surface area (Å²) in [5.41, 5.74) is 0.350. The Hall–Kier alpha value is -2.19. The van der Waals surface area contributed by atoms with E-state index in [1.165, 1.54) is 4.31 Å². The first-order valence-corrected chi connectivity index (χ1v) is 9.53. The van der Waals surface area contributed by atoms with Gasteiger partial charge in [-0.3, -0.25) is 4.79 Å². The van der Waals surface area contributed by atoms with Gasteiger partial charge in [0.15, 0.2) is 5.76 Å². The highest BCUT2D eigenvalue weighted by molar-refractivity contribution is 7.89. The number of aromatic nitrogens is 1. The fraction of sp³-hybridized carbons (Fsp3) is 0.412. The number of hydrogen-bond donors (Lipinski definition) is 0. The highest BCUT2D eigenvalue weighted by Crippen LogP contribution is 2.28. The van der Waals surface area contributed by atoms with E-state index in [2.05, 4.69) is 5.16 Å². The molecule has 0 amide bonds. The maximum absolute atomic E-state index is 12.8. The number of benzene rings is 1. The fourth-order valence-electron chi connectivity index (χ4n) is 2.99. The molecule has 25 heavy (non-hydrogen) atoms. The second-order valence-corrected chi connectivity index (χ2v) is 7.94. The van der Waals surface area contributed by atoms with Gasteiger partial charge in [-0.15, -0.1) is 0 Å². The van der Waals surface area contributed by atoms with Crippen molar-refractivity contribution >= 4 is 16.0 Å². The van der Waals surface area contributed by atoms with Crippen molar-refractivity contribution in [1.82, 2.24) is 9.46 Å². The van der Waals surface area contributed by atoms with Gasteiger partial charge in [0.25, 0.3) is 0 Å². The van der Waals surface area contributed by atoms with Gasteiger partial charge in [-0.05, 0) is 38.8 Å². The van der Waals surface area contributed by atoms with Crippen LogP contribution in [0.1, 0.15) is 24.3 Å². The van der Waals surface area contributed by atoms with Crippen molar-refractivity contribution in [3.05, 3.63) is 41.8 Å². The summed E-state index contributed by atoms with van der Waals surface area (Å²) in [6, 6.07) is 8.86. The van der Waals surface area contributed by atoms with Crippen molar-refractivity contribution in [2.75, 3.05) is 13.1 Å². The average molecular weight is 364 g/mol. The number of hydrogen-bond acceptors (Lipinski definition) is 6. The Morgan fingerprint density at radius 2 is 1.84 bits per heavy atom. The minimum atomic E-state index is -3.66. The lowest BCUT2D eigenvalue weighted by Crippen LogP contribution is -2.41. The van der Waals surface area contributed by atoms with Gasteiger partial charge in [-0.25, -0.2) is 8.42 Å². The SMILES string of the molecule is Cc1noc(C)c1S(=O)(=O)N1CCC(C(=O)Oc2ccccc2)CC1. The fourth-order valence-corrected chi connectivity index (χ4v) is 4.75. The Bertz CT molecular complexity index is 833. The first kappa shape index (κ1) is 17.6. The molecular formula is C17H20N2O5S. The lowest BCUT2D eigenvalue weighted by Gasteiger charge is -2.29. The van der Waals surface area contributed by atoms with E-state index in [4.69, 9.17) is 9.26 Å². The smallest absolute Gasteiger partial charge is 0.314 e. The van der Waals surface area contributed by atoms with E-state index in [0.717, 1.165) is 0 Å². The Kier molecular flexibility index (Phi) is 4.91. The van der Waals surface area contributed by atoms with Crippen LogP contribution in [0.3, 0.4) is 0 Å². The number of sulfonamides is 1. The molecule has 0 spiro atoms. The normalized spacial score (nSPS) is 16.7. The molecule has 1 aliphatic rings. The zero-order valence-corrected chi connectivity index (χ0v) is 15.0. The van der Waals surface area contributed by atoms with Crippen LogP contribution in [0.5, 0.6) is 5.75 Å². The van der Waals surface area contributed by atoms with Gasteiger partial charge < -0.3 is 9.26 Å². The number of ether oxygens (including phenoxy) is 1. The topological polar surface area (TPSA) is 89.7 Å². The Morgan fingerprint density at radius 1 is 1.20 bits per heavy atom. The third-order valence-electron chi connectivity index (χ3n) is 4.31. The summed E-state index contributed by atoms with van der Waals surface area (Å²) in [7, 11) is -3.66. The van der Waals surface area contributed by atoms with Crippen LogP contribution in [0.2, 0.25) is 0 Å². The van der Waals surface area contributed by atoms with Gasteiger partial charge in [0.05, 0.1) is 5.92 Å². The average Bonchev–Trinajstić information content (AvgIpc) is 2.95. The highest BCUT2D eigenvalue weighted by Gasteiger charge is 2.36. The lowest BCUT2D eigenvalue weighted by molar-refractivity contribution is -0.140. The van der Waals surface area contributed by atoms with Crippen LogP contribution in [0.4, 0.5) is 0 Å². The van der Waals surface area contributed by atoms with Crippen LogP contribution >= 0.6 is 0 Å². The zero-order valence-electron chi connectivity index (χ0n) is 14.1. The highest BCUT2D eigenvalue weighted by atomic mass is 32.2. The first-order valence-electron chi connectivity index (χ1n) is 8.09. The van der Waals surface area contributed by atoms with E-state index in [1.807, 2.05) is 6.07 Å². The van der Waals surface area contributed by atoms with Crippen LogP contribution in [0, 0.1) is 19.8 Å². The van der Waals surface area contributed by atoms with Crippen LogP contribution in [0.25, 0.3) is 0 Å². The first-order chi connectivity index (χ1) is 11.9. The summed E-state index contributed by atoms with van der Waals surface area (Å²) in [6.45, 7) is 3.71. The quantitative estimate of drug-likeness (QED) is 0.611. The van der Waals surface area contributed by atoms with Crippen LogP contribution in [-0.4, -0.2) is 36.9 Å². The molecule has 1 aromatic heterocycles. The third kappa shape index (κ3) is 3.59. The molecule has 0 bridgehead atoms. The van der Waals surface area contributed by atoms with E-state index in [1.54, 1.807) is 38.1 Å². The Labute approximate surface area is 146 Å². The molecule has 0 atom stereocenters. The van der Waals surface area contributed by atoms with Gasteiger partial charge in [0.2, 0.25) is 10.0 Å². The summed E-state index contributed by atoms with van der Waals surface area (Å²) in [4.78, 5) is 12.4. The largest absolute Gasteiger partial charge is 0.426 e. The van der Waals surface area contributed by atoms with Crippen molar-refractivity contribution in [2.24, 2.45) is 5.92 Å². The molecule has 0 aliphatic carbocycles. The molecule has 3 rings (SSSR count). The van der Waals surface area contributed by atoms with Gasteiger partial charge in [0, 0.05) is 13.1 Å². The van der Waals surface area contributed by atoms with Crippen LogP contribution < -0.4 is 4.74 Å². The van der Waals surface area contributed by atoms with Crippen LogP contribution in [-0.2, 0) is 14.8 Å². The number of carbonyl (C=O) groups is 1. The lowest BCUT2D eigenvalue weighted by atomic mass is 9.98. The zero-order chi connectivity index (χ0) is 18.0. The molecule has 0 saturated carbocycles. The third-order valence-corrected chi connectivity index (χ3v) is 6.46. The molecule has 0 radical (unpaired) electrons. The van der Waals surface area contributed by atoms with Crippen molar-refractivity contribution in [1.29, 1.82) is 0 Å². The summed E-state index contributed by atoms with van der Waals surface area (Å²) in [6.07, 6.45) is 0.850. The number of carbonyl (C=O) groups excluding carboxylic acids is 1. The van der Waals surface area contributed by atoms with Gasteiger partial charge in [-0.2, -0.15) is 4.31 Å². The predicted octanol–water partition coefficient (Wildman–Crippen LogP) is 2.30. The summed E-state index contributed by atoms with van der Waals surface area (Å²) in [5.74, 6) is 0.151. The molecule has 0 unspecified atom stereocenters. The molecule has 1 aliphatic heterocycles. The summed E-state index contributed by atoms with van der Waals surface area (Å²) < 4.78 is 37.2. The number of nitrogens with zero attached hydrogens (tertiary/aromatic N) is 2. The van der Waals surface area contributed by atoms with E-state index >= 15 is 0 Å². The number of piperidine rings is 1. The van der Waals surface area contributed by atoms with Crippen molar-refractivity contribution in [3.63, 3.8) is 0 Å². The Balaban J connectivity index is 1.65. The van der Waals surface area contributed by atoms with Crippen molar-refractivity contribution < 1.29 is 22.5 Å². The van der Waals surface area contributed by atoms with Gasteiger partial charge >= 0.3 is 5.97 Å². The van der Waals surface area contributed by atoms with Gasteiger partial charge in [0.1, 0.15) is 16.3 Å². The maximum atomic E-state index is 12.8. The molecular weight excluding hydrogens is 344 g/mol. The molecule has 1 aromatic carbocycles. The van der Waals surface area contributed by atoms with E-state index in [-0.39, 0.29) is 35.6 Å². The molecule has 2 aromatic rings. The molecule has 0 N–H and O–H groups in total. The van der Waals surface area contributed by atoms with E-state index < -0.39 is 10.0 Å². The minimum Gasteiger partial charge on any atom is -0.426 e. The second-order valence-electron chi connectivity index (χ2n) is 6.07. The van der Waals surface area contributed by atoms with E-state index in [0.29, 0.717) is 24.3 Å². The predicted molar refractivity (Wildman–Crippen MR) is 89.5 cm³/mol. The molecule has 1 saturated heterocycles. The number of rotatable bonds is 4. The standard InChI is InChI=1S/C17H20N2O5S/c1-12-16(13(2)24-18-12)25(21,22)19-10-8-14(9-11-19)17(20)23-15-6-4-3-5-7-15/h3-7,14H,8-11H2,1-2H3. The number of esters is 1. The van der Waals surface area contributed by atoms with Crippen molar-refractivity contribution in [2.45, 2.75) is 31.6 Å². The molecule has 8 heteroatoms. The molecule has 2 heterocycles. The molecule has 134 valence electrons. The summed E-state index contributed by atoms with van der Waals surface area (Å²) >= 11 is 0. The monoisotopic (exact) mass is 364 g/mol. The second kappa shape index (κ2) is 6.97. The Morgan fingerprint density at radius 3 is 2.40 bits per heavy atom. The molecule has 1 fully saturated rings. The van der Waals surface area contributed by atoms with Crippen molar-refractivity contribution in [3.8, 4) is 5.75 Å². The number of para-hydroxylation sites is 1. The molecule has 7 nitrogen and oxygen atoms in total. The number of aryl methyl sites for hydroxylation is 2. The van der Waals surface area contributed by atoms with Crippen LogP contribution in [0.15, 0.2) is 39.8 Å². The summed E-state index contributed by atoms with van der Waals surface area (Å²) in [5, 5.41) is 3.71. The maximum Gasteiger partial charge on any atom is 0.314 e. The van der Waals surface area contributed by atoms with Gasteiger partial charge in [-0.1, -0.05) is 23.4 Å².